The van der Waals surface area contributed by atoms with Crippen LogP contribution in [0.1, 0.15) is 21.0 Å². The van der Waals surface area contributed by atoms with Crippen LogP contribution in [-0.4, -0.2) is 20.6 Å². The molecule has 6 heteroatoms. The minimum Gasteiger partial charge on any atom is -0.467 e. The van der Waals surface area contributed by atoms with Crippen LogP contribution in [0.15, 0.2) is 83.1 Å². The number of para-hydroxylation sites is 1. The molecule has 4 rings (SSSR count). The largest absolute Gasteiger partial charge is 0.467 e. The normalized spacial score (nSPS) is 10.8. The molecule has 0 bridgehead atoms. The topological polar surface area (TPSA) is 51.3 Å². The molecular formula is C20H17N3O2S. The second-order valence-corrected chi connectivity index (χ2v) is 6.86. The van der Waals surface area contributed by atoms with Crippen molar-refractivity contribution in [2.75, 3.05) is 0 Å². The van der Waals surface area contributed by atoms with Crippen LogP contribution in [-0.2, 0) is 13.1 Å². The molecule has 4 aromatic rings. The van der Waals surface area contributed by atoms with Crippen LogP contribution < -0.4 is 0 Å². The van der Waals surface area contributed by atoms with E-state index in [4.69, 9.17) is 4.42 Å². The van der Waals surface area contributed by atoms with Crippen LogP contribution in [0, 0.1) is 0 Å². The van der Waals surface area contributed by atoms with Crippen LogP contribution in [0.25, 0.3) is 5.69 Å². The molecule has 3 aromatic heterocycles. The van der Waals surface area contributed by atoms with Crippen molar-refractivity contribution in [1.29, 1.82) is 0 Å². The molecule has 0 aliphatic carbocycles. The van der Waals surface area contributed by atoms with Crippen molar-refractivity contribution in [2.45, 2.75) is 13.1 Å². The third kappa shape index (κ3) is 3.60. The number of aromatic nitrogens is 2. The van der Waals surface area contributed by atoms with E-state index in [1.54, 1.807) is 39.6 Å². The van der Waals surface area contributed by atoms with Gasteiger partial charge in [0.1, 0.15) is 5.76 Å². The third-order valence-electron chi connectivity index (χ3n) is 3.99. The quantitative estimate of drug-likeness (QED) is 0.511. The SMILES string of the molecule is O=C(c1cnn(-c2ccccc2)c1)N(Cc1ccco1)Cc1cccs1. The number of rotatable bonds is 6. The van der Waals surface area contributed by atoms with Crippen molar-refractivity contribution in [3.8, 4) is 5.69 Å². The van der Waals surface area contributed by atoms with E-state index in [2.05, 4.69) is 5.10 Å². The van der Waals surface area contributed by atoms with Gasteiger partial charge in [0.2, 0.25) is 0 Å². The van der Waals surface area contributed by atoms with E-state index >= 15 is 0 Å². The summed E-state index contributed by atoms with van der Waals surface area (Å²) in [5.41, 5.74) is 1.47. The maximum Gasteiger partial charge on any atom is 0.257 e. The Bertz CT molecular complexity index is 924. The highest BCUT2D eigenvalue weighted by atomic mass is 32.1. The van der Waals surface area contributed by atoms with Gasteiger partial charge in [-0.25, -0.2) is 4.68 Å². The molecule has 0 aliphatic heterocycles. The molecule has 1 amide bonds. The molecular weight excluding hydrogens is 346 g/mol. The van der Waals surface area contributed by atoms with Gasteiger partial charge in [-0.05, 0) is 35.7 Å². The summed E-state index contributed by atoms with van der Waals surface area (Å²) in [7, 11) is 0. The zero-order valence-electron chi connectivity index (χ0n) is 14.0. The first-order valence-electron chi connectivity index (χ1n) is 8.24. The smallest absolute Gasteiger partial charge is 0.257 e. The number of carbonyl (C=O) groups excluding carboxylic acids is 1. The highest BCUT2D eigenvalue weighted by molar-refractivity contribution is 7.09. The fourth-order valence-electron chi connectivity index (χ4n) is 2.72. The zero-order chi connectivity index (χ0) is 17.8. The van der Waals surface area contributed by atoms with Crippen LogP contribution >= 0.6 is 11.3 Å². The Balaban J connectivity index is 1.58. The number of furan rings is 1. The molecule has 0 atom stereocenters. The lowest BCUT2D eigenvalue weighted by Gasteiger charge is -2.20. The number of amides is 1. The van der Waals surface area contributed by atoms with E-state index in [1.165, 1.54) is 0 Å². The summed E-state index contributed by atoms with van der Waals surface area (Å²) >= 11 is 1.63. The van der Waals surface area contributed by atoms with Crippen LogP contribution in [0.3, 0.4) is 0 Å². The van der Waals surface area contributed by atoms with E-state index in [-0.39, 0.29) is 5.91 Å². The summed E-state index contributed by atoms with van der Waals surface area (Å²) in [5, 5.41) is 6.34. The van der Waals surface area contributed by atoms with Gasteiger partial charge in [0.05, 0.1) is 36.8 Å². The van der Waals surface area contributed by atoms with Gasteiger partial charge < -0.3 is 9.32 Å². The number of carbonyl (C=O) groups is 1. The number of benzene rings is 1. The van der Waals surface area contributed by atoms with E-state index in [1.807, 2.05) is 60.0 Å². The van der Waals surface area contributed by atoms with Gasteiger partial charge >= 0.3 is 0 Å². The molecule has 0 saturated carbocycles. The summed E-state index contributed by atoms with van der Waals surface area (Å²) in [5.74, 6) is 0.683. The zero-order valence-corrected chi connectivity index (χ0v) is 14.8. The molecule has 1 aromatic carbocycles. The average molecular weight is 363 g/mol. The van der Waals surface area contributed by atoms with Crippen molar-refractivity contribution >= 4 is 17.2 Å². The van der Waals surface area contributed by atoms with Gasteiger partial charge in [-0.3, -0.25) is 4.79 Å². The average Bonchev–Trinajstić information content (AvgIpc) is 3.44. The van der Waals surface area contributed by atoms with Gasteiger partial charge in [-0.2, -0.15) is 5.10 Å². The Morgan fingerprint density at radius 2 is 1.96 bits per heavy atom. The number of nitrogens with zero attached hydrogens (tertiary/aromatic N) is 3. The van der Waals surface area contributed by atoms with Crippen LogP contribution in [0.5, 0.6) is 0 Å². The van der Waals surface area contributed by atoms with Crippen LogP contribution in [0.2, 0.25) is 0 Å². The monoisotopic (exact) mass is 363 g/mol. The molecule has 0 fully saturated rings. The van der Waals surface area contributed by atoms with Gasteiger partial charge in [0, 0.05) is 11.1 Å². The first-order valence-corrected chi connectivity index (χ1v) is 9.12. The Morgan fingerprint density at radius 1 is 1.08 bits per heavy atom. The highest BCUT2D eigenvalue weighted by Gasteiger charge is 2.20. The predicted molar refractivity (Wildman–Crippen MR) is 100 cm³/mol. The summed E-state index contributed by atoms with van der Waals surface area (Å²) in [6, 6.07) is 17.5. The molecule has 0 N–H and O–H groups in total. The maximum absolute atomic E-state index is 13.1. The van der Waals surface area contributed by atoms with Gasteiger partial charge in [-0.1, -0.05) is 24.3 Å². The minimum atomic E-state index is -0.0722. The Morgan fingerprint density at radius 3 is 2.69 bits per heavy atom. The van der Waals surface area contributed by atoms with Crippen molar-refractivity contribution in [2.24, 2.45) is 0 Å². The Labute approximate surface area is 155 Å². The molecule has 3 heterocycles. The standard InChI is InChI=1S/C20H17N3O2S/c24-20(16-12-21-23(13-16)17-6-2-1-3-7-17)22(14-18-8-4-10-25-18)15-19-9-5-11-26-19/h1-13H,14-15H2. The second-order valence-electron chi connectivity index (χ2n) is 5.83. The molecule has 0 aliphatic rings. The fourth-order valence-corrected chi connectivity index (χ4v) is 3.44. The van der Waals surface area contributed by atoms with Crippen molar-refractivity contribution in [3.05, 3.63) is 94.8 Å². The summed E-state index contributed by atoms with van der Waals surface area (Å²) in [4.78, 5) is 16.0. The molecule has 130 valence electrons. The highest BCUT2D eigenvalue weighted by Crippen LogP contribution is 2.18. The minimum absolute atomic E-state index is 0.0722. The lowest BCUT2D eigenvalue weighted by Crippen LogP contribution is -2.29. The predicted octanol–water partition coefficient (Wildman–Crippen LogP) is 4.37. The van der Waals surface area contributed by atoms with E-state index in [9.17, 15) is 4.79 Å². The van der Waals surface area contributed by atoms with Crippen LogP contribution in [0.4, 0.5) is 0 Å². The van der Waals surface area contributed by atoms with Crippen molar-refractivity contribution in [1.82, 2.24) is 14.7 Å². The first-order chi connectivity index (χ1) is 12.8. The van der Waals surface area contributed by atoms with Crippen molar-refractivity contribution < 1.29 is 9.21 Å². The molecule has 0 unspecified atom stereocenters. The lowest BCUT2D eigenvalue weighted by molar-refractivity contribution is 0.0719. The summed E-state index contributed by atoms with van der Waals surface area (Å²) in [6.07, 6.45) is 5.00. The fraction of sp³-hybridized carbons (Fsp3) is 0.100. The first kappa shape index (κ1) is 16.4. The van der Waals surface area contributed by atoms with E-state index in [0.29, 0.717) is 18.7 Å². The molecule has 5 nitrogen and oxygen atoms in total. The van der Waals surface area contributed by atoms with E-state index < -0.39 is 0 Å². The maximum atomic E-state index is 13.1. The Hall–Kier alpha value is -3.12. The summed E-state index contributed by atoms with van der Waals surface area (Å²) < 4.78 is 7.14. The number of hydrogen-bond acceptors (Lipinski definition) is 4. The van der Waals surface area contributed by atoms with Crippen molar-refractivity contribution in [3.63, 3.8) is 0 Å². The summed E-state index contributed by atoms with van der Waals surface area (Å²) in [6.45, 7) is 0.952. The number of hydrogen-bond donors (Lipinski definition) is 0. The lowest BCUT2D eigenvalue weighted by atomic mass is 10.2. The molecule has 0 saturated heterocycles. The van der Waals surface area contributed by atoms with Gasteiger partial charge in [0.25, 0.3) is 5.91 Å². The number of thiophene rings is 1. The van der Waals surface area contributed by atoms with E-state index in [0.717, 1.165) is 16.3 Å². The molecule has 26 heavy (non-hydrogen) atoms. The van der Waals surface area contributed by atoms with Gasteiger partial charge in [-0.15, -0.1) is 11.3 Å². The van der Waals surface area contributed by atoms with Gasteiger partial charge in [0.15, 0.2) is 0 Å². The molecule has 0 radical (unpaired) electrons. The third-order valence-corrected chi connectivity index (χ3v) is 4.85. The Kier molecular flexibility index (Phi) is 4.66. The second kappa shape index (κ2) is 7.41. The molecule has 0 spiro atoms.